The van der Waals surface area contributed by atoms with E-state index in [-0.39, 0.29) is 18.9 Å². The second-order valence-electron chi connectivity index (χ2n) is 14.0. The van der Waals surface area contributed by atoms with E-state index >= 15 is 0 Å². The molecular weight excluding hydrogens is 626 g/mol. The molecule has 2 N–H and O–H groups in total. The van der Waals surface area contributed by atoms with Crippen LogP contribution >= 0.6 is 0 Å². The zero-order valence-electron chi connectivity index (χ0n) is 28.4. The molecule has 0 saturated carbocycles. The highest BCUT2D eigenvalue weighted by Gasteiger charge is 2.53. The van der Waals surface area contributed by atoms with Gasteiger partial charge in [-0.3, -0.25) is 14.3 Å². The van der Waals surface area contributed by atoms with Crippen molar-refractivity contribution in [2.45, 2.75) is 83.4 Å². The van der Waals surface area contributed by atoms with Gasteiger partial charge in [-0.25, -0.2) is 14.4 Å². The molecule has 1 saturated heterocycles. The first kappa shape index (κ1) is 33.7. The SMILES string of the molecule is C[C@H]1OC(C)(C)N(C(=O)[C@H](Cc2cn(C(=O)OC(C)(C)C)c3ccccc23)NC(=O)OCC2c3ccccc3-c3ccccc32)[C@@H]1C(=O)O. The number of nitrogens with zero attached hydrogens (tertiary/aromatic N) is 2. The number of hydrogen-bond donors (Lipinski definition) is 2. The van der Waals surface area contributed by atoms with Crippen molar-refractivity contribution >= 4 is 35.0 Å². The van der Waals surface area contributed by atoms with Gasteiger partial charge in [0.2, 0.25) is 5.91 Å². The summed E-state index contributed by atoms with van der Waals surface area (Å²) in [5.41, 5.74) is 3.31. The fraction of sp³-hybridized carbons (Fsp3) is 0.368. The number of carbonyl (C=O) groups is 4. The van der Waals surface area contributed by atoms with Crippen molar-refractivity contribution in [3.05, 3.63) is 95.7 Å². The minimum Gasteiger partial charge on any atom is -0.480 e. The Bertz CT molecular complexity index is 1890. The number of carbonyl (C=O) groups excluding carboxylic acids is 3. The molecule has 6 rings (SSSR count). The van der Waals surface area contributed by atoms with E-state index in [2.05, 4.69) is 5.32 Å². The molecule has 4 aromatic rings. The average molecular weight is 668 g/mol. The minimum absolute atomic E-state index is 0.0197. The summed E-state index contributed by atoms with van der Waals surface area (Å²) >= 11 is 0. The predicted molar refractivity (Wildman–Crippen MR) is 182 cm³/mol. The number of fused-ring (bicyclic) bond motifs is 4. The van der Waals surface area contributed by atoms with Crippen LogP contribution < -0.4 is 5.32 Å². The average Bonchev–Trinajstić information content (AvgIpc) is 3.64. The summed E-state index contributed by atoms with van der Waals surface area (Å²) in [5, 5.41) is 13.5. The molecule has 2 aliphatic rings. The molecule has 11 heteroatoms. The van der Waals surface area contributed by atoms with Gasteiger partial charge in [0.25, 0.3) is 0 Å². The summed E-state index contributed by atoms with van der Waals surface area (Å²) in [5.74, 6) is -2.10. The first-order valence-corrected chi connectivity index (χ1v) is 16.3. The molecule has 1 fully saturated rings. The zero-order chi connectivity index (χ0) is 35.2. The summed E-state index contributed by atoms with van der Waals surface area (Å²) in [6.07, 6.45) is -0.737. The number of benzene rings is 3. The lowest BCUT2D eigenvalue weighted by molar-refractivity contribution is -0.156. The van der Waals surface area contributed by atoms with Crippen molar-refractivity contribution in [1.82, 2.24) is 14.8 Å². The molecule has 1 aliphatic carbocycles. The minimum atomic E-state index is -1.29. The maximum Gasteiger partial charge on any atom is 0.419 e. The number of amides is 2. The van der Waals surface area contributed by atoms with Crippen LogP contribution in [0.15, 0.2) is 79.0 Å². The van der Waals surface area contributed by atoms with Gasteiger partial charge in [-0.1, -0.05) is 66.7 Å². The normalized spacial score (nSPS) is 18.9. The third-order valence-corrected chi connectivity index (χ3v) is 9.01. The van der Waals surface area contributed by atoms with Gasteiger partial charge in [0.15, 0.2) is 6.04 Å². The van der Waals surface area contributed by atoms with Crippen molar-refractivity contribution in [3.63, 3.8) is 0 Å². The van der Waals surface area contributed by atoms with Gasteiger partial charge in [-0.05, 0) is 75.4 Å². The molecule has 49 heavy (non-hydrogen) atoms. The second-order valence-corrected chi connectivity index (χ2v) is 14.0. The Hall–Kier alpha value is -5.16. The number of aromatic nitrogens is 1. The summed E-state index contributed by atoms with van der Waals surface area (Å²) in [7, 11) is 0. The zero-order valence-corrected chi connectivity index (χ0v) is 28.4. The maximum absolute atomic E-state index is 14.4. The van der Waals surface area contributed by atoms with E-state index in [1.807, 2.05) is 54.6 Å². The maximum atomic E-state index is 14.4. The van der Waals surface area contributed by atoms with Crippen molar-refractivity contribution in [1.29, 1.82) is 0 Å². The number of rotatable bonds is 7. The van der Waals surface area contributed by atoms with Crippen molar-refractivity contribution in [2.24, 2.45) is 0 Å². The van der Waals surface area contributed by atoms with Gasteiger partial charge < -0.3 is 24.6 Å². The van der Waals surface area contributed by atoms with Crippen LogP contribution in [0.5, 0.6) is 0 Å². The van der Waals surface area contributed by atoms with Gasteiger partial charge in [0.05, 0.1) is 11.6 Å². The number of alkyl carbamates (subject to hydrolysis) is 1. The van der Waals surface area contributed by atoms with Crippen LogP contribution in [0, 0.1) is 0 Å². The van der Waals surface area contributed by atoms with Gasteiger partial charge in [0.1, 0.15) is 24.0 Å². The monoisotopic (exact) mass is 667 g/mol. The molecule has 0 radical (unpaired) electrons. The van der Waals surface area contributed by atoms with Crippen LogP contribution in [-0.2, 0) is 30.2 Å². The highest BCUT2D eigenvalue weighted by atomic mass is 16.6. The van der Waals surface area contributed by atoms with Crippen LogP contribution in [0.2, 0.25) is 0 Å². The number of hydrogen-bond acceptors (Lipinski definition) is 7. The molecule has 1 aromatic heterocycles. The molecule has 256 valence electrons. The Balaban J connectivity index is 1.31. The first-order valence-electron chi connectivity index (χ1n) is 16.3. The standard InChI is InChI=1S/C38H41N3O8/c1-22-32(34(43)44)41(38(5,6)48-22)33(42)30(19-23-20-40(36(46)49-37(2,3)4)31-18-12-11-13-24(23)31)39-35(45)47-21-29-27-16-9-7-14-25(27)26-15-8-10-17-28(26)29/h7-18,20,22,29-30,32H,19,21H2,1-6H3,(H,39,45)(H,43,44)/t22-,30+,32+/m1/s1. The number of carboxylic acid groups (broad SMARTS) is 1. The highest BCUT2D eigenvalue weighted by molar-refractivity contribution is 5.94. The number of ether oxygens (including phenoxy) is 3. The van der Waals surface area contributed by atoms with E-state index in [4.69, 9.17) is 14.2 Å². The Morgan fingerprint density at radius 2 is 1.53 bits per heavy atom. The smallest absolute Gasteiger partial charge is 0.419 e. The van der Waals surface area contributed by atoms with Gasteiger partial charge in [-0.2, -0.15) is 0 Å². The summed E-state index contributed by atoms with van der Waals surface area (Å²) < 4.78 is 18.7. The van der Waals surface area contributed by atoms with Crippen LogP contribution in [-0.4, -0.2) is 74.8 Å². The molecule has 0 bridgehead atoms. The molecule has 2 amide bonds. The van der Waals surface area contributed by atoms with E-state index in [0.717, 1.165) is 22.3 Å². The van der Waals surface area contributed by atoms with E-state index in [0.29, 0.717) is 16.5 Å². The topological polar surface area (TPSA) is 136 Å². The van der Waals surface area contributed by atoms with Crippen LogP contribution in [0.1, 0.15) is 64.2 Å². The lowest BCUT2D eigenvalue weighted by Gasteiger charge is -2.35. The van der Waals surface area contributed by atoms with E-state index in [9.17, 15) is 24.3 Å². The summed E-state index contributed by atoms with van der Waals surface area (Å²) in [4.78, 5) is 54.8. The number of carboxylic acids is 1. The molecule has 1 aliphatic heterocycles. The van der Waals surface area contributed by atoms with Crippen LogP contribution in [0.3, 0.4) is 0 Å². The molecule has 2 heterocycles. The highest BCUT2D eigenvalue weighted by Crippen LogP contribution is 2.44. The van der Waals surface area contributed by atoms with Crippen molar-refractivity contribution in [3.8, 4) is 11.1 Å². The molecule has 0 unspecified atom stereocenters. The molecule has 0 spiro atoms. The van der Waals surface area contributed by atoms with Gasteiger partial charge in [0, 0.05) is 23.9 Å². The third kappa shape index (κ3) is 6.50. The Kier molecular flexibility index (Phi) is 8.74. The van der Waals surface area contributed by atoms with E-state index in [1.54, 1.807) is 65.9 Å². The third-order valence-electron chi connectivity index (χ3n) is 9.01. The fourth-order valence-corrected chi connectivity index (χ4v) is 7.08. The van der Waals surface area contributed by atoms with E-state index in [1.165, 1.54) is 9.47 Å². The number of nitrogens with one attached hydrogen (secondary N) is 1. The van der Waals surface area contributed by atoms with Crippen molar-refractivity contribution < 1.29 is 38.5 Å². The van der Waals surface area contributed by atoms with Crippen LogP contribution in [0.25, 0.3) is 22.0 Å². The van der Waals surface area contributed by atoms with Gasteiger partial charge >= 0.3 is 18.2 Å². The second kappa shape index (κ2) is 12.7. The molecule has 3 atom stereocenters. The Morgan fingerprint density at radius 1 is 0.939 bits per heavy atom. The number of para-hydroxylation sites is 1. The Labute approximate surface area is 284 Å². The van der Waals surface area contributed by atoms with E-state index < -0.39 is 53.6 Å². The summed E-state index contributed by atoms with van der Waals surface area (Å²) in [6, 6.07) is 20.5. The van der Waals surface area contributed by atoms with Crippen LogP contribution in [0.4, 0.5) is 9.59 Å². The molecular formula is C38H41N3O8. The van der Waals surface area contributed by atoms with Crippen molar-refractivity contribution in [2.75, 3.05) is 6.61 Å². The Morgan fingerprint density at radius 3 is 2.14 bits per heavy atom. The summed E-state index contributed by atoms with van der Waals surface area (Å²) in [6.45, 7) is 10.1. The number of aliphatic carboxylic acids is 1. The quantitative estimate of drug-likeness (QED) is 0.234. The molecule has 3 aromatic carbocycles. The lowest BCUT2D eigenvalue weighted by Crippen LogP contribution is -2.58. The first-order chi connectivity index (χ1) is 23.2. The molecule has 11 nitrogen and oxygen atoms in total. The van der Waals surface area contributed by atoms with Gasteiger partial charge in [-0.15, -0.1) is 0 Å². The largest absolute Gasteiger partial charge is 0.480 e. The lowest BCUT2D eigenvalue weighted by atomic mass is 9.98. The predicted octanol–water partition coefficient (Wildman–Crippen LogP) is 6.31. The fourth-order valence-electron chi connectivity index (χ4n) is 7.08.